The second-order valence-corrected chi connectivity index (χ2v) is 2.74. The molecule has 0 spiro atoms. The van der Waals surface area contributed by atoms with Crippen molar-refractivity contribution in [2.75, 3.05) is 0 Å². The molecule has 0 radical (unpaired) electrons. The average molecular weight is 176 g/mol. The summed E-state index contributed by atoms with van der Waals surface area (Å²) in [4.78, 5) is 10.8. The van der Waals surface area contributed by atoms with Crippen molar-refractivity contribution in [1.29, 1.82) is 0 Å². The standard InChI is InChI=1S/C11H12O2/c1-3-11(12)13-8-10-7-5-4-6-9(10)2/h3-7H,1,8H2,2H3. The maximum atomic E-state index is 10.8. The first-order chi connectivity index (χ1) is 6.24. The molecule has 0 N–H and O–H groups in total. The highest BCUT2D eigenvalue weighted by Crippen LogP contribution is 2.08. The van der Waals surface area contributed by atoms with Crippen LogP contribution in [0.15, 0.2) is 36.9 Å². The van der Waals surface area contributed by atoms with Gasteiger partial charge >= 0.3 is 5.97 Å². The van der Waals surface area contributed by atoms with Gasteiger partial charge in [-0.3, -0.25) is 0 Å². The fourth-order valence-electron chi connectivity index (χ4n) is 0.980. The molecule has 1 aromatic rings. The van der Waals surface area contributed by atoms with Crippen LogP contribution in [0.3, 0.4) is 0 Å². The van der Waals surface area contributed by atoms with Crippen LogP contribution in [0, 0.1) is 6.92 Å². The monoisotopic (exact) mass is 176 g/mol. The molecule has 0 amide bonds. The highest BCUT2D eigenvalue weighted by molar-refractivity contribution is 5.81. The lowest BCUT2D eigenvalue weighted by Gasteiger charge is -2.04. The van der Waals surface area contributed by atoms with E-state index < -0.39 is 0 Å². The quantitative estimate of drug-likeness (QED) is 0.521. The lowest BCUT2D eigenvalue weighted by molar-refractivity contribution is -0.138. The first-order valence-electron chi connectivity index (χ1n) is 4.07. The summed E-state index contributed by atoms with van der Waals surface area (Å²) in [6, 6.07) is 7.79. The lowest BCUT2D eigenvalue weighted by atomic mass is 10.1. The van der Waals surface area contributed by atoms with Crippen LogP contribution < -0.4 is 0 Å². The maximum Gasteiger partial charge on any atom is 0.330 e. The van der Waals surface area contributed by atoms with E-state index in [1.54, 1.807) is 0 Å². The molecule has 0 unspecified atom stereocenters. The minimum atomic E-state index is -0.386. The van der Waals surface area contributed by atoms with Gasteiger partial charge in [0.1, 0.15) is 6.61 Å². The summed E-state index contributed by atoms with van der Waals surface area (Å²) in [7, 11) is 0. The molecule has 0 fully saturated rings. The number of hydrogen-bond acceptors (Lipinski definition) is 2. The summed E-state index contributed by atoms with van der Waals surface area (Å²) >= 11 is 0. The molecule has 0 aliphatic carbocycles. The smallest absolute Gasteiger partial charge is 0.330 e. The fourth-order valence-corrected chi connectivity index (χ4v) is 0.980. The Bertz CT molecular complexity index is 316. The first kappa shape index (κ1) is 9.52. The van der Waals surface area contributed by atoms with Gasteiger partial charge in [-0.15, -0.1) is 0 Å². The Morgan fingerprint density at radius 1 is 1.54 bits per heavy atom. The molecule has 1 aromatic carbocycles. The molecule has 2 nitrogen and oxygen atoms in total. The summed E-state index contributed by atoms with van der Waals surface area (Å²) in [6.07, 6.45) is 1.16. The molecule has 0 heterocycles. The van der Waals surface area contributed by atoms with Crippen molar-refractivity contribution in [2.45, 2.75) is 13.5 Å². The largest absolute Gasteiger partial charge is 0.458 e. The minimum Gasteiger partial charge on any atom is -0.458 e. The molecule has 0 aliphatic heterocycles. The number of ether oxygens (including phenoxy) is 1. The van der Waals surface area contributed by atoms with Crippen LogP contribution >= 0.6 is 0 Å². The van der Waals surface area contributed by atoms with E-state index in [0.29, 0.717) is 6.61 Å². The molecule has 68 valence electrons. The molecule has 0 aliphatic rings. The highest BCUT2D eigenvalue weighted by Gasteiger charge is 1.99. The number of rotatable bonds is 3. The van der Waals surface area contributed by atoms with Gasteiger partial charge in [0, 0.05) is 6.08 Å². The van der Waals surface area contributed by atoms with Gasteiger partial charge in [-0.1, -0.05) is 30.8 Å². The number of benzene rings is 1. The van der Waals surface area contributed by atoms with E-state index in [9.17, 15) is 4.79 Å². The van der Waals surface area contributed by atoms with E-state index in [1.807, 2.05) is 31.2 Å². The van der Waals surface area contributed by atoms with E-state index in [2.05, 4.69) is 6.58 Å². The molecule has 0 bridgehead atoms. The van der Waals surface area contributed by atoms with Gasteiger partial charge in [0.2, 0.25) is 0 Å². The number of esters is 1. The number of aryl methyl sites for hydroxylation is 1. The van der Waals surface area contributed by atoms with Crippen LogP contribution in [-0.2, 0) is 16.1 Å². The Kier molecular flexibility index (Phi) is 3.26. The van der Waals surface area contributed by atoms with Crippen molar-refractivity contribution in [2.24, 2.45) is 0 Å². The molecule has 2 heteroatoms. The van der Waals surface area contributed by atoms with Gasteiger partial charge < -0.3 is 4.74 Å². The molecule has 1 rings (SSSR count). The Morgan fingerprint density at radius 3 is 2.85 bits per heavy atom. The van der Waals surface area contributed by atoms with Crippen LogP contribution in [0.5, 0.6) is 0 Å². The summed E-state index contributed by atoms with van der Waals surface area (Å²) in [5.41, 5.74) is 2.15. The van der Waals surface area contributed by atoms with Crippen LogP contribution in [-0.4, -0.2) is 5.97 Å². The zero-order chi connectivity index (χ0) is 9.68. The van der Waals surface area contributed by atoms with Crippen molar-refractivity contribution in [3.63, 3.8) is 0 Å². The molecule has 13 heavy (non-hydrogen) atoms. The van der Waals surface area contributed by atoms with Crippen molar-refractivity contribution in [1.82, 2.24) is 0 Å². The van der Waals surface area contributed by atoms with Gasteiger partial charge in [-0.2, -0.15) is 0 Å². The molecule has 0 atom stereocenters. The molecular formula is C11H12O2. The molecular weight excluding hydrogens is 164 g/mol. The van der Waals surface area contributed by atoms with Crippen molar-refractivity contribution in [3.05, 3.63) is 48.0 Å². The van der Waals surface area contributed by atoms with Gasteiger partial charge in [0.05, 0.1) is 0 Å². The highest BCUT2D eigenvalue weighted by atomic mass is 16.5. The van der Waals surface area contributed by atoms with E-state index in [4.69, 9.17) is 4.74 Å². The predicted molar refractivity (Wildman–Crippen MR) is 51.2 cm³/mol. The van der Waals surface area contributed by atoms with Gasteiger partial charge in [-0.25, -0.2) is 4.79 Å². The zero-order valence-electron chi connectivity index (χ0n) is 7.62. The SMILES string of the molecule is C=CC(=O)OCc1ccccc1C. The third kappa shape index (κ3) is 2.75. The van der Waals surface area contributed by atoms with Crippen molar-refractivity contribution < 1.29 is 9.53 Å². The van der Waals surface area contributed by atoms with Crippen LogP contribution in [0.4, 0.5) is 0 Å². The third-order valence-corrected chi connectivity index (χ3v) is 1.80. The zero-order valence-corrected chi connectivity index (χ0v) is 7.62. The Morgan fingerprint density at radius 2 is 2.23 bits per heavy atom. The Balaban J connectivity index is 2.59. The van der Waals surface area contributed by atoms with Crippen LogP contribution in [0.1, 0.15) is 11.1 Å². The predicted octanol–water partition coefficient (Wildman–Crippen LogP) is 2.22. The number of hydrogen-bond donors (Lipinski definition) is 0. The van der Waals surface area contributed by atoms with Crippen LogP contribution in [0.2, 0.25) is 0 Å². The van der Waals surface area contributed by atoms with E-state index in [0.717, 1.165) is 17.2 Å². The Hall–Kier alpha value is -1.57. The topological polar surface area (TPSA) is 26.3 Å². The summed E-state index contributed by atoms with van der Waals surface area (Å²) in [5, 5.41) is 0. The van der Waals surface area contributed by atoms with Gasteiger partial charge in [-0.05, 0) is 18.1 Å². The number of carbonyl (C=O) groups is 1. The normalized spacial score (nSPS) is 9.31. The maximum absolute atomic E-state index is 10.8. The average Bonchev–Trinajstić information content (AvgIpc) is 2.16. The molecule has 0 saturated heterocycles. The second kappa shape index (κ2) is 4.45. The lowest BCUT2D eigenvalue weighted by Crippen LogP contribution is -2.01. The van der Waals surface area contributed by atoms with Gasteiger partial charge in [0.25, 0.3) is 0 Å². The van der Waals surface area contributed by atoms with E-state index in [1.165, 1.54) is 0 Å². The summed E-state index contributed by atoms with van der Waals surface area (Å²) < 4.78 is 4.90. The van der Waals surface area contributed by atoms with Crippen molar-refractivity contribution >= 4 is 5.97 Å². The summed E-state index contributed by atoms with van der Waals surface area (Å²) in [6.45, 7) is 5.62. The van der Waals surface area contributed by atoms with E-state index >= 15 is 0 Å². The van der Waals surface area contributed by atoms with Gasteiger partial charge in [0.15, 0.2) is 0 Å². The molecule has 0 saturated carbocycles. The minimum absolute atomic E-state index is 0.317. The molecule has 0 aromatic heterocycles. The van der Waals surface area contributed by atoms with Crippen LogP contribution in [0.25, 0.3) is 0 Å². The first-order valence-corrected chi connectivity index (χ1v) is 4.07. The third-order valence-electron chi connectivity index (χ3n) is 1.80. The second-order valence-electron chi connectivity index (χ2n) is 2.74. The summed E-state index contributed by atoms with van der Waals surface area (Å²) in [5.74, 6) is -0.386. The van der Waals surface area contributed by atoms with Crippen molar-refractivity contribution in [3.8, 4) is 0 Å². The number of carbonyl (C=O) groups excluding carboxylic acids is 1. The van der Waals surface area contributed by atoms with E-state index in [-0.39, 0.29) is 5.97 Å². The Labute approximate surface area is 77.8 Å². The fraction of sp³-hybridized carbons (Fsp3) is 0.182.